The zero-order chi connectivity index (χ0) is 16.6. The van der Waals surface area contributed by atoms with E-state index in [4.69, 9.17) is 4.65 Å². The van der Waals surface area contributed by atoms with Crippen molar-refractivity contribution >= 4 is 7.12 Å². The molecule has 1 aromatic carbocycles. The van der Waals surface area contributed by atoms with E-state index < -0.39 is 7.12 Å². The number of benzene rings is 1. The van der Waals surface area contributed by atoms with E-state index in [1.165, 1.54) is 18.4 Å². The van der Waals surface area contributed by atoms with Crippen LogP contribution in [0, 0.1) is 5.41 Å². The van der Waals surface area contributed by atoms with Crippen molar-refractivity contribution in [1.82, 2.24) is 0 Å². The minimum atomic E-state index is -0.658. The molecule has 0 spiro atoms. The van der Waals surface area contributed by atoms with Gasteiger partial charge < -0.3 is 9.68 Å². The highest BCUT2D eigenvalue weighted by atomic mass is 16.5. The SMILES string of the molecule is CC.CC1(C)CCC[C@@](C)(OB(O)CCc2ccccc2)C1. The van der Waals surface area contributed by atoms with Gasteiger partial charge in [0.2, 0.25) is 0 Å². The summed E-state index contributed by atoms with van der Waals surface area (Å²) in [6, 6.07) is 10.3. The third-order valence-corrected chi connectivity index (χ3v) is 4.36. The molecular formula is C19H33BO2. The van der Waals surface area contributed by atoms with Gasteiger partial charge in [0.15, 0.2) is 0 Å². The van der Waals surface area contributed by atoms with Gasteiger partial charge in [0.25, 0.3) is 0 Å². The van der Waals surface area contributed by atoms with Crippen LogP contribution in [-0.4, -0.2) is 17.7 Å². The van der Waals surface area contributed by atoms with Crippen molar-refractivity contribution in [3.8, 4) is 0 Å². The van der Waals surface area contributed by atoms with Gasteiger partial charge in [0, 0.05) is 0 Å². The Hall–Kier alpha value is -0.795. The van der Waals surface area contributed by atoms with Crippen LogP contribution in [0.4, 0.5) is 0 Å². The van der Waals surface area contributed by atoms with Crippen LogP contribution >= 0.6 is 0 Å². The first-order valence-corrected chi connectivity index (χ1v) is 8.78. The van der Waals surface area contributed by atoms with Crippen molar-refractivity contribution in [3.63, 3.8) is 0 Å². The first kappa shape index (κ1) is 19.3. The molecule has 1 saturated carbocycles. The van der Waals surface area contributed by atoms with Crippen LogP contribution in [0.2, 0.25) is 6.32 Å². The Balaban J connectivity index is 0.00000116. The predicted molar refractivity (Wildman–Crippen MR) is 96.0 cm³/mol. The fourth-order valence-corrected chi connectivity index (χ4v) is 3.55. The Morgan fingerprint density at radius 3 is 2.32 bits per heavy atom. The Labute approximate surface area is 137 Å². The lowest BCUT2D eigenvalue weighted by Gasteiger charge is -2.43. The molecule has 0 saturated heterocycles. The summed E-state index contributed by atoms with van der Waals surface area (Å²) < 4.78 is 5.99. The Kier molecular flexibility index (Phi) is 7.65. The fourth-order valence-electron chi connectivity index (χ4n) is 3.55. The quantitative estimate of drug-likeness (QED) is 0.766. The summed E-state index contributed by atoms with van der Waals surface area (Å²) in [7, 11) is -0.658. The van der Waals surface area contributed by atoms with E-state index in [1.807, 2.05) is 32.0 Å². The third-order valence-electron chi connectivity index (χ3n) is 4.36. The molecule has 2 nitrogen and oxygen atoms in total. The van der Waals surface area contributed by atoms with Gasteiger partial charge in [-0.05, 0) is 49.9 Å². The average molecular weight is 304 g/mol. The number of hydrogen-bond acceptors (Lipinski definition) is 2. The van der Waals surface area contributed by atoms with Crippen LogP contribution in [0.3, 0.4) is 0 Å². The maximum Gasteiger partial charge on any atom is 0.454 e. The molecule has 0 aromatic heterocycles. The Bertz CT molecular complexity index is 419. The molecule has 1 aromatic rings. The molecule has 1 aliphatic rings. The molecule has 3 heteroatoms. The molecule has 1 N–H and O–H groups in total. The van der Waals surface area contributed by atoms with Crippen LogP contribution in [0.5, 0.6) is 0 Å². The van der Waals surface area contributed by atoms with Crippen LogP contribution in [0.15, 0.2) is 30.3 Å². The Morgan fingerprint density at radius 2 is 1.73 bits per heavy atom. The van der Waals surface area contributed by atoms with E-state index in [9.17, 15) is 5.02 Å². The van der Waals surface area contributed by atoms with Crippen molar-refractivity contribution in [1.29, 1.82) is 0 Å². The van der Waals surface area contributed by atoms with Crippen molar-refractivity contribution < 1.29 is 9.68 Å². The molecule has 0 aliphatic heterocycles. The highest BCUT2D eigenvalue weighted by Crippen LogP contribution is 2.42. The van der Waals surface area contributed by atoms with Crippen molar-refractivity contribution in [3.05, 3.63) is 35.9 Å². The van der Waals surface area contributed by atoms with Crippen molar-refractivity contribution in [2.75, 3.05) is 0 Å². The van der Waals surface area contributed by atoms with Gasteiger partial charge in [0.1, 0.15) is 0 Å². The average Bonchev–Trinajstić information content (AvgIpc) is 2.46. The lowest BCUT2D eigenvalue weighted by atomic mass is 9.69. The van der Waals surface area contributed by atoms with E-state index in [-0.39, 0.29) is 5.60 Å². The second kappa shape index (κ2) is 8.74. The molecule has 1 aliphatic carbocycles. The minimum Gasteiger partial charge on any atom is -0.427 e. The van der Waals surface area contributed by atoms with Gasteiger partial charge in [-0.1, -0.05) is 64.4 Å². The lowest BCUT2D eigenvalue weighted by Crippen LogP contribution is -2.43. The van der Waals surface area contributed by atoms with Gasteiger partial charge in [0.05, 0.1) is 5.60 Å². The highest BCUT2D eigenvalue weighted by Gasteiger charge is 2.39. The summed E-state index contributed by atoms with van der Waals surface area (Å²) >= 11 is 0. The summed E-state index contributed by atoms with van der Waals surface area (Å²) in [5.74, 6) is 0. The lowest BCUT2D eigenvalue weighted by molar-refractivity contribution is -0.0163. The van der Waals surface area contributed by atoms with Crippen LogP contribution in [0.25, 0.3) is 0 Å². The maximum absolute atomic E-state index is 10.2. The summed E-state index contributed by atoms with van der Waals surface area (Å²) in [6.45, 7) is 10.7. The molecule has 0 amide bonds. The van der Waals surface area contributed by atoms with Gasteiger partial charge in [-0.3, -0.25) is 0 Å². The van der Waals surface area contributed by atoms with Gasteiger partial charge in [-0.2, -0.15) is 0 Å². The van der Waals surface area contributed by atoms with Crippen molar-refractivity contribution in [2.45, 2.75) is 78.6 Å². The first-order valence-electron chi connectivity index (χ1n) is 8.78. The monoisotopic (exact) mass is 304 g/mol. The van der Waals surface area contributed by atoms with E-state index in [0.29, 0.717) is 11.7 Å². The number of aryl methyl sites for hydroxylation is 1. The summed E-state index contributed by atoms with van der Waals surface area (Å²) in [5.41, 5.74) is 1.41. The molecule has 0 heterocycles. The Morgan fingerprint density at radius 1 is 1.09 bits per heavy atom. The molecule has 22 heavy (non-hydrogen) atoms. The molecule has 2 rings (SSSR count). The van der Waals surface area contributed by atoms with Gasteiger partial charge in [-0.15, -0.1) is 0 Å². The minimum absolute atomic E-state index is 0.169. The largest absolute Gasteiger partial charge is 0.454 e. The van der Waals surface area contributed by atoms with Gasteiger partial charge >= 0.3 is 7.12 Å². The molecule has 0 radical (unpaired) electrons. The second-order valence-electron chi connectivity index (χ2n) is 7.24. The van der Waals surface area contributed by atoms with E-state index >= 15 is 0 Å². The van der Waals surface area contributed by atoms with E-state index in [1.54, 1.807) is 0 Å². The number of hydrogen-bond donors (Lipinski definition) is 1. The topological polar surface area (TPSA) is 29.5 Å². The van der Waals surface area contributed by atoms with Crippen LogP contribution in [-0.2, 0) is 11.1 Å². The van der Waals surface area contributed by atoms with Crippen molar-refractivity contribution in [2.24, 2.45) is 5.41 Å². The third kappa shape index (κ3) is 6.54. The highest BCUT2D eigenvalue weighted by molar-refractivity contribution is 6.42. The molecule has 0 unspecified atom stereocenters. The summed E-state index contributed by atoms with van der Waals surface area (Å²) in [6.07, 6.45) is 6.06. The van der Waals surface area contributed by atoms with Crippen LogP contribution in [0.1, 0.15) is 65.9 Å². The second-order valence-corrected chi connectivity index (χ2v) is 7.24. The summed E-state index contributed by atoms with van der Waals surface area (Å²) in [4.78, 5) is 0. The predicted octanol–water partition coefficient (Wildman–Crippen LogP) is 5.11. The molecule has 1 fully saturated rings. The standard InChI is InChI=1S/C17H27BO2.C2H6/c1-16(2)11-7-12-17(3,14-16)20-18(19)13-10-15-8-5-4-6-9-15;1-2/h4-6,8-9,19H,7,10-14H2,1-3H3;1-2H3/t17-;/m1./s1. The fraction of sp³-hybridized carbons (Fsp3) is 0.684. The van der Waals surface area contributed by atoms with E-state index in [2.05, 4.69) is 32.9 Å². The molecule has 1 atom stereocenters. The van der Waals surface area contributed by atoms with E-state index in [0.717, 1.165) is 19.3 Å². The smallest absolute Gasteiger partial charge is 0.427 e. The van der Waals surface area contributed by atoms with Crippen LogP contribution < -0.4 is 0 Å². The normalized spacial score (nSPS) is 23.4. The number of rotatable bonds is 5. The molecule has 0 bridgehead atoms. The zero-order valence-electron chi connectivity index (χ0n) is 15.1. The van der Waals surface area contributed by atoms with Gasteiger partial charge in [-0.25, -0.2) is 0 Å². The zero-order valence-corrected chi connectivity index (χ0v) is 15.1. The maximum atomic E-state index is 10.2. The molecular weight excluding hydrogens is 271 g/mol. The molecule has 124 valence electrons. The summed E-state index contributed by atoms with van der Waals surface area (Å²) in [5, 5.41) is 10.2. The first-order chi connectivity index (χ1) is 10.4.